The highest BCUT2D eigenvalue weighted by atomic mass is 16.5. The lowest BCUT2D eigenvalue weighted by Gasteiger charge is -2.21. The number of fused-ring (bicyclic) bond motifs is 1. The van der Waals surface area contributed by atoms with Crippen molar-refractivity contribution in [2.75, 3.05) is 49.0 Å². The van der Waals surface area contributed by atoms with Crippen LogP contribution in [-0.2, 0) is 9.59 Å². The van der Waals surface area contributed by atoms with Gasteiger partial charge in [0.2, 0.25) is 11.8 Å². The van der Waals surface area contributed by atoms with E-state index in [9.17, 15) is 9.59 Å². The van der Waals surface area contributed by atoms with Crippen LogP contribution in [0.25, 0.3) is 11.0 Å². The molecule has 1 unspecified atom stereocenters. The number of hydrogen-bond donors (Lipinski definition) is 1. The van der Waals surface area contributed by atoms with Crippen molar-refractivity contribution in [3.8, 4) is 11.5 Å². The molecule has 3 heterocycles. The minimum atomic E-state index is -0.500. The third kappa shape index (κ3) is 4.09. The predicted octanol–water partition coefficient (Wildman–Crippen LogP) is 3.24. The Bertz CT molecular complexity index is 1240. The van der Waals surface area contributed by atoms with Gasteiger partial charge in [-0.25, -0.2) is 9.97 Å². The van der Waals surface area contributed by atoms with Gasteiger partial charge in [-0.2, -0.15) is 0 Å². The molecule has 2 saturated heterocycles. The number of methoxy groups -OCH3 is 2. The molecule has 0 radical (unpaired) electrons. The molecule has 2 amide bonds. The molecule has 0 bridgehead atoms. The number of aromatic nitrogens is 2. The summed E-state index contributed by atoms with van der Waals surface area (Å²) in [5, 5.41) is 2.98. The highest BCUT2D eigenvalue weighted by molar-refractivity contribution is 6.04. The molecule has 9 nitrogen and oxygen atoms in total. The Balaban J connectivity index is 1.38. The number of benzene rings is 2. The summed E-state index contributed by atoms with van der Waals surface area (Å²) in [6.07, 6.45) is 2.29. The molecular formula is C25H27N5O4. The van der Waals surface area contributed by atoms with Gasteiger partial charge < -0.3 is 24.6 Å². The van der Waals surface area contributed by atoms with E-state index in [1.807, 2.05) is 24.3 Å². The van der Waals surface area contributed by atoms with Gasteiger partial charge in [0.25, 0.3) is 0 Å². The van der Waals surface area contributed by atoms with Crippen LogP contribution in [0.4, 0.5) is 17.3 Å². The van der Waals surface area contributed by atoms with Gasteiger partial charge in [0.15, 0.2) is 23.1 Å². The normalized spacial score (nSPS) is 17.9. The van der Waals surface area contributed by atoms with Crippen LogP contribution in [0.5, 0.6) is 11.5 Å². The predicted molar refractivity (Wildman–Crippen MR) is 130 cm³/mol. The molecule has 0 aliphatic carbocycles. The summed E-state index contributed by atoms with van der Waals surface area (Å²) in [6, 6.07) is 12.9. The van der Waals surface area contributed by atoms with Crippen LogP contribution in [-0.4, -0.2) is 55.6 Å². The van der Waals surface area contributed by atoms with Crippen molar-refractivity contribution in [1.82, 2.24) is 9.97 Å². The van der Waals surface area contributed by atoms with E-state index in [2.05, 4.69) is 10.2 Å². The van der Waals surface area contributed by atoms with E-state index < -0.39 is 5.92 Å². The number of nitrogens with one attached hydrogen (secondary N) is 1. The van der Waals surface area contributed by atoms with Crippen LogP contribution in [0.15, 0.2) is 42.5 Å². The summed E-state index contributed by atoms with van der Waals surface area (Å²) in [5.41, 5.74) is 2.18. The first-order valence-electron chi connectivity index (χ1n) is 11.4. The van der Waals surface area contributed by atoms with Crippen LogP contribution >= 0.6 is 0 Å². The molecule has 2 fully saturated rings. The third-order valence-corrected chi connectivity index (χ3v) is 6.37. The molecule has 5 rings (SSSR count). The quantitative estimate of drug-likeness (QED) is 0.602. The zero-order chi connectivity index (χ0) is 23.7. The highest BCUT2D eigenvalue weighted by Crippen LogP contribution is 2.35. The second-order valence-corrected chi connectivity index (χ2v) is 8.51. The molecule has 2 aliphatic heterocycles. The Morgan fingerprint density at radius 2 is 1.71 bits per heavy atom. The number of nitrogens with zero attached hydrogens (tertiary/aromatic N) is 4. The molecule has 0 spiro atoms. The first-order valence-corrected chi connectivity index (χ1v) is 11.4. The zero-order valence-corrected chi connectivity index (χ0v) is 19.3. The van der Waals surface area contributed by atoms with Crippen LogP contribution in [0.2, 0.25) is 0 Å². The number of carbonyl (C=O) groups is 2. The minimum Gasteiger partial charge on any atom is -0.493 e. The minimum absolute atomic E-state index is 0.114. The number of anilines is 3. The Hall–Kier alpha value is -3.88. The van der Waals surface area contributed by atoms with Crippen molar-refractivity contribution < 1.29 is 19.1 Å². The number of hydrogen-bond acceptors (Lipinski definition) is 7. The third-order valence-electron chi connectivity index (χ3n) is 6.37. The van der Waals surface area contributed by atoms with E-state index in [4.69, 9.17) is 19.4 Å². The van der Waals surface area contributed by atoms with Gasteiger partial charge in [-0.3, -0.25) is 9.59 Å². The van der Waals surface area contributed by atoms with E-state index in [-0.39, 0.29) is 24.8 Å². The lowest BCUT2D eigenvalue weighted by atomic mass is 10.1. The summed E-state index contributed by atoms with van der Waals surface area (Å²) in [7, 11) is 3.11. The number of amides is 2. The summed E-state index contributed by atoms with van der Waals surface area (Å²) >= 11 is 0. The van der Waals surface area contributed by atoms with Gasteiger partial charge in [0.1, 0.15) is 0 Å². The largest absolute Gasteiger partial charge is 0.493 e. The Kier molecular flexibility index (Phi) is 5.91. The zero-order valence-electron chi connectivity index (χ0n) is 19.3. The summed E-state index contributed by atoms with van der Waals surface area (Å²) in [5.74, 6) is 1.39. The van der Waals surface area contributed by atoms with Crippen LogP contribution < -0.4 is 24.6 Å². The maximum Gasteiger partial charge on any atom is 0.231 e. The fourth-order valence-electron chi connectivity index (χ4n) is 4.57. The van der Waals surface area contributed by atoms with E-state index in [1.54, 1.807) is 37.3 Å². The number of rotatable bonds is 6. The van der Waals surface area contributed by atoms with Crippen molar-refractivity contribution in [3.05, 3.63) is 42.5 Å². The van der Waals surface area contributed by atoms with Crippen molar-refractivity contribution >= 4 is 40.2 Å². The SMILES string of the molecule is COc1ccc(N2CC(C(=O)Nc3nc4ccccc4nc3N3CCCC3)CC2=O)cc1OC. The molecule has 2 aliphatic rings. The van der Waals surface area contributed by atoms with Gasteiger partial charge in [-0.1, -0.05) is 12.1 Å². The van der Waals surface area contributed by atoms with Crippen LogP contribution in [0.3, 0.4) is 0 Å². The number of carbonyl (C=O) groups excluding carboxylic acids is 2. The Labute approximate surface area is 197 Å². The molecule has 1 aromatic heterocycles. The maximum atomic E-state index is 13.2. The van der Waals surface area contributed by atoms with E-state index >= 15 is 0 Å². The van der Waals surface area contributed by atoms with Gasteiger partial charge >= 0.3 is 0 Å². The first kappa shape index (κ1) is 21.9. The topological polar surface area (TPSA) is 96.9 Å². The smallest absolute Gasteiger partial charge is 0.231 e. The summed E-state index contributed by atoms with van der Waals surface area (Å²) < 4.78 is 10.6. The molecule has 0 saturated carbocycles. The van der Waals surface area contributed by atoms with E-state index in [0.717, 1.165) is 37.0 Å². The second kappa shape index (κ2) is 9.17. The Morgan fingerprint density at radius 3 is 2.41 bits per heavy atom. The monoisotopic (exact) mass is 461 g/mol. The summed E-state index contributed by atoms with van der Waals surface area (Å²) in [6.45, 7) is 2.04. The maximum absolute atomic E-state index is 13.2. The molecule has 1 N–H and O–H groups in total. The fourth-order valence-corrected chi connectivity index (χ4v) is 4.57. The van der Waals surface area contributed by atoms with Crippen molar-refractivity contribution in [2.45, 2.75) is 19.3 Å². The van der Waals surface area contributed by atoms with Crippen LogP contribution in [0.1, 0.15) is 19.3 Å². The number of para-hydroxylation sites is 2. The standard InChI is InChI=1S/C25H27N5O4/c1-33-20-10-9-17(14-21(20)34-2)30-15-16(13-22(30)31)25(32)28-23-24(29-11-5-6-12-29)27-19-8-4-3-7-18(19)26-23/h3-4,7-10,14,16H,5-6,11-13,15H2,1-2H3,(H,26,28,32). The molecule has 1 atom stereocenters. The molecule has 34 heavy (non-hydrogen) atoms. The van der Waals surface area contributed by atoms with Gasteiger partial charge in [0.05, 0.1) is 31.2 Å². The fraction of sp³-hybridized carbons (Fsp3) is 0.360. The summed E-state index contributed by atoms with van der Waals surface area (Å²) in [4.78, 5) is 39.3. The lowest BCUT2D eigenvalue weighted by molar-refractivity contribution is -0.122. The molecule has 9 heteroatoms. The van der Waals surface area contributed by atoms with Crippen molar-refractivity contribution in [1.29, 1.82) is 0 Å². The van der Waals surface area contributed by atoms with E-state index in [0.29, 0.717) is 28.8 Å². The van der Waals surface area contributed by atoms with Crippen LogP contribution in [0, 0.1) is 5.92 Å². The van der Waals surface area contributed by atoms with Crippen molar-refractivity contribution in [2.24, 2.45) is 5.92 Å². The molecular weight excluding hydrogens is 434 g/mol. The molecule has 176 valence electrons. The molecule has 2 aromatic carbocycles. The lowest BCUT2D eigenvalue weighted by Crippen LogP contribution is -2.29. The van der Waals surface area contributed by atoms with E-state index in [1.165, 1.54) is 0 Å². The molecule has 3 aromatic rings. The van der Waals surface area contributed by atoms with Crippen molar-refractivity contribution in [3.63, 3.8) is 0 Å². The average molecular weight is 462 g/mol. The van der Waals surface area contributed by atoms with Gasteiger partial charge in [-0.15, -0.1) is 0 Å². The van der Waals surface area contributed by atoms with Gasteiger partial charge in [-0.05, 0) is 37.1 Å². The Morgan fingerprint density at radius 1 is 1.00 bits per heavy atom. The van der Waals surface area contributed by atoms with Gasteiger partial charge in [0, 0.05) is 37.8 Å². The first-order chi connectivity index (χ1) is 16.6. The second-order valence-electron chi connectivity index (χ2n) is 8.51. The average Bonchev–Trinajstić information content (AvgIpc) is 3.53. The number of ether oxygens (including phenoxy) is 2. The highest BCUT2D eigenvalue weighted by Gasteiger charge is 2.36.